The fraction of sp³-hybridized carbons (Fsp3) is 0.917. The summed E-state index contributed by atoms with van der Waals surface area (Å²) in [7, 11) is 0. The van der Waals surface area contributed by atoms with E-state index in [9.17, 15) is 4.79 Å². The molecule has 3 atom stereocenters. The van der Waals surface area contributed by atoms with Crippen LogP contribution < -0.4 is 0 Å². The van der Waals surface area contributed by atoms with E-state index in [1.54, 1.807) is 0 Å². The highest BCUT2D eigenvalue weighted by Crippen LogP contribution is 2.50. The minimum Gasteiger partial charge on any atom is -0.299 e. The third kappa shape index (κ3) is 1.53. The molecule has 2 saturated carbocycles. The first-order valence-corrected chi connectivity index (χ1v) is 5.64. The zero-order chi connectivity index (χ0) is 9.47. The van der Waals surface area contributed by atoms with Gasteiger partial charge in [-0.1, -0.05) is 26.7 Å². The molecule has 0 spiro atoms. The van der Waals surface area contributed by atoms with Gasteiger partial charge < -0.3 is 0 Å². The van der Waals surface area contributed by atoms with E-state index in [1.165, 1.54) is 25.7 Å². The standard InChI is InChI=1S/C12H20O/c1-9-8-12(2)6-4-3-5-10(12)7-11(9)13/h9-10H,3-8H2,1-2H3/t9-,10+,12+/m0/s1. The van der Waals surface area contributed by atoms with Gasteiger partial charge in [-0.15, -0.1) is 0 Å². The van der Waals surface area contributed by atoms with Gasteiger partial charge in [0.15, 0.2) is 0 Å². The Hall–Kier alpha value is -0.330. The van der Waals surface area contributed by atoms with Crippen LogP contribution >= 0.6 is 0 Å². The minimum absolute atomic E-state index is 0.333. The van der Waals surface area contributed by atoms with Crippen LogP contribution in [0.4, 0.5) is 0 Å². The van der Waals surface area contributed by atoms with Crippen molar-refractivity contribution >= 4 is 5.78 Å². The molecule has 1 nitrogen and oxygen atoms in total. The van der Waals surface area contributed by atoms with Gasteiger partial charge in [0.05, 0.1) is 0 Å². The van der Waals surface area contributed by atoms with Crippen LogP contribution in [-0.2, 0) is 4.79 Å². The van der Waals surface area contributed by atoms with Gasteiger partial charge in [-0.2, -0.15) is 0 Å². The first kappa shape index (κ1) is 9.23. The highest BCUT2D eigenvalue weighted by Gasteiger charge is 2.43. The molecule has 2 rings (SSSR count). The van der Waals surface area contributed by atoms with Gasteiger partial charge in [-0.3, -0.25) is 4.79 Å². The van der Waals surface area contributed by atoms with Gasteiger partial charge in [0, 0.05) is 12.3 Å². The van der Waals surface area contributed by atoms with Crippen LogP contribution in [0.3, 0.4) is 0 Å². The molecule has 0 saturated heterocycles. The van der Waals surface area contributed by atoms with Crippen molar-refractivity contribution in [3.8, 4) is 0 Å². The number of carbonyl (C=O) groups is 1. The summed E-state index contributed by atoms with van der Waals surface area (Å²) >= 11 is 0. The predicted molar refractivity (Wildman–Crippen MR) is 53.5 cm³/mol. The van der Waals surface area contributed by atoms with E-state index in [-0.39, 0.29) is 0 Å². The lowest BCUT2D eigenvalue weighted by atomic mass is 9.58. The van der Waals surface area contributed by atoms with Gasteiger partial charge in [0.2, 0.25) is 0 Å². The second kappa shape index (κ2) is 3.11. The largest absolute Gasteiger partial charge is 0.299 e. The lowest BCUT2D eigenvalue weighted by Crippen LogP contribution is -2.40. The fourth-order valence-corrected chi connectivity index (χ4v) is 3.35. The third-order valence-electron chi connectivity index (χ3n) is 4.31. The molecule has 0 aromatic heterocycles. The Kier molecular flexibility index (Phi) is 2.21. The van der Waals surface area contributed by atoms with E-state index in [2.05, 4.69) is 13.8 Å². The first-order valence-electron chi connectivity index (χ1n) is 5.64. The molecule has 1 heteroatoms. The minimum atomic E-state index is 0.333. The average Bonchev–Trinajstić information content (AvgIpc) is 2.07. The van der Waals surface area contributed by atoms with Crippen molar-refractivity contribution in [3.05, 3.63) is 0 Å². The van der Waals surface area contributed by atoms with E-state index in [0.29, 0.717) is 23.0 Å². The van der Waals surface area contributed by atoms with Gasteiger partial charge in [-0.25, -0.2) is 0 Å². The van der Waals surface area contributed by atoms with Crippen LogP contribution in [0.5, 0.6) is 0 Å². The van der Waals surface area contributed by atoms with E-state index < -0.39 is 0 Å². The molecule has 0 amide bonds. The molecule has 0 aromatic rings. The van der Waals surface area contributed by atoms with Crippen molar-refractivity contribution in [1.82, 2.24) is 0 Å². The summed E-state index contributed by atoms with van der Waals surface area (Å²) in [6.45, 7) is 4.51. The first-order chi connectivity index (χ1) is 6.12. The molecule has 2 aliphatic rings. The maximum Gasteiger partial charge on any atom is 0.136 e. The molecule has 74 valence electrons. The Morgan fingerprint density at radius 3 is 2.92 bits per heavy atom. The smallest absolute Gasteiger partial charge is 0.136 e. The topological polar surface area (TPSA) is 17.1 Å². The molecule has 0 heterocycles. The van der Waals surface area contributed by atoms with Gasteiger partial charge in [-0.05, 0) is 30.6 Å². The second-order valence-electron chi connectivity index (χ2n) is 5.37. The van der Waals surface area contributed by atoms with Crippen molar-refractivity contribution in [2.75, 3.05) is 0 Å². The molecule has 0 unspecified atom stereocenters. The number of hydrogen-bond acceptors (Lipinski definition) is 1. The summed E-state index contributed by atoms with van der Waals surface area (Å²) in [5, 5.41) is 0. The van der Waals surface area contributed by atoms with Crippen LogP contribution in [0.2, 0.25) is 0 Å². The molecule has 0 aliphatic heterocycles. The van der Waals surface area contributed by atoms with Crippen molar-refractivity contribution in [3.63, 3.8) is 0 Å². The van der Waals surface area contributed by atoms with Crippen molar-refractivity contribution in [2.24, 2.45) is 17.3 Å². The molecular formula is C12H20O. The number of ketones is 1. The summed E-state index contributed by atoms with van der Waals surface area (Å²) in [6.07, 6.45) is 7.41. The summed E-state index contributed by atoms with van der Waals surface area (Å²) < 4.78 is 0. The van der Waals surface area contributed by atoms with Gasteiger partial charge in [0.25, 0.3) is 0 Å². The Morgan fingerprint density at radius 1 is 1.38 bits per heavy atom. The molecule has 0 N–H and O–H groups in total. The van der Waals surface area contributed by atoms with E-state index in [4.69, 9.17) is 0 Å². The molecule has 0 radical (unpaired) electrons. The number of carbonyl (C=O) groups excluding carboxylic acids is 1. The monoisotopic (exact) mass is 180 g/mol. The molecule has 0 bridgehead atoms. The zero-order valence-corrected chi connectivity index (χ0v) is 8.81. The number of rotatable bonds is 0. The predicted octanol–water partition coefficient (Wildman–Crippen LogP) is 3.18. The Morgan fingerprint density at radius 2 is 2.15 bits per heavy atom. The Bertz CT molecular complexity index is 221. The second-order valence-corrected chi connectivity index (χ2v) is 5.37. The van der Waals surface area contributed by atoms with Crippen molar-refractivity contribution in [2.45, 2.75) is 52.4 Å². The summed E-state index contributed by atoms with van der Waals surface area (Å²) in [4.78, 5) is 11.6. The van der Waals surface area contributed by atoms with Crippen molar-refractivity contribution < 1.29 is 4.79 Å². The van der Waals surface area contributed by atoms with Crippen LogP contribution in [0, 0.1) is 17.3 Å². The van der Waals surface area contributed by atoms with Crippen LogP contribution in [0.1, 0.15) is 52.4 Å². The molecule has 2 aliphatic carbocycles. The summed E-state index contributed by atoms with van der Waals surface area (Å²) in [5.74, 6) is 1.56. The fourth-order valence-electron chi connectivity index (χ4n) is 3.35. The van der Waals surface area contributed by atoms with E-state index >= 15 is 0 Å². The highest BCUT2D eigenvalue weighted by molar-refractivity contribution is 5.81. The van der Waals surface area contributed by atoms with Gasteiger partial charge >= 0.3 is 0 Å². The SMILES string of the molecule is C[C@H]1C[C@@]2(C)CCCC[C@@H]2CC1=O. The maximum absolute atomic E-state index is 11.6. The number of Topliss-reactive ketones (excluding diaryl/α,β-unsaturated/α-hetero) is 1. The van der Waals surface area contributed by atoms with Crippen LogP contribution in [0.25, 0.3) is 0 Å². The molecule has 2 fully saturated rings. The maximum atomic E-state index is 11.6. The van der Waals surface area contributed by atoms with E-state index in [0.717, 1.165) is 12.8 Å². The van der Waals surface area contributed by atoms with E-state index in [1.807, 2.05) is 0 Å². The molecule has 0 aromatic carbocycles. The van der Waals surface area contributed by atoms with Crippen LogP contribution in [-0.4, -0.2) is 5.78 Å². The van der Waals surface area contributed by atoms with Crippen LogP contribution in [0.15, 0.2) is 0 Å². The summed E-state index contributed by atoms with van der Waals surface area (Å²) in [5.41, 5.74) is 0.506. The molecule has 13 heavy (non-hydrogen) atoms. The van der Waals surface area contributed by atoms with Crippen molar-refractivity contribution in [1.29, 1.82) is 0 Å². The third-order valence-corrected chi connectivity index (χ3v) is 4.31. The summed E-state index contributed by atoms with van der Waals surface area (Å²) in [6, 6.07) is 0. The van der Waals surface area contributed by atoms with Gasteiger partial charge in [0.1, 0.15) is 5.78 Å². The lowest BCUT2D eigenvalue weighted by Gasteiger charge is -2.46. The average molecular weight is 180 g/mol. The normalized spacial score (nSPS) is 45.8. The highest BCUT2D eigenvalue weighted by atomic mass is 16.1. The number of hydrogen-bond donors (Lipinski definition) is 0. The quantitative estimate of drug-likeness (QED) is 0.559. The molecular weight excluding hydrogens is 160 g/mol. The Labute approximate surface area is 80.9 Å². The number of fused-ring (bicyclic) bond motifs is 1. The zero-order valence-electron chi connectivity index (χ0n) is 8.81. The lowest BCUT2D eigenvalue weighted by molar-refractivity contribution is -0.131. The Balaban J connectivity index is 2.15.